The normalized spacial score (nSPS) is 12.4. The highest BCUT2D eigenvalue weighted by Crippen LogP contribution is 2.33. The number of pyridine rings is 1. The number of carbonyl (C=O) groups is 1. The molecule has 0 aliphatic carbocycles. The van der Waals surface area contributed by atoms with E-state index < -0.39 is 51.3 Å². The van der Waals surface area contributed by atoms with Gasteiger partial charge < -0.3 is 10.1 Å². The lowest BCUT2D eigenvalue weighted by Crippen LogP contribution is -2.25. The van der Waals surface area contributed by atoms with Gasteiger partial charge in [-0.05, 0) is 43.2 Å². The van der Waals surface area contributed by atoms with E-state index in [1.165, 1.54) is 6.07 Å². The minimum atomic E-state index is -4.72. The largest absolute Gasteiger partial charge is 0.474 e. The zero-order chi connectivity index (χ0) is 26.6. The second kappa shape index (κ2) is 10.8. The van der Waals surface area contributed by atoms with Crippen LogP contribution in [-0.4, -0.2) is 31.7 Å². The van der Waals surface area contributed by atoms with Crippen LogP contribution in [0, 0.1) is 18.2 Å². The van der Waals surface area contributed by atoms with Crippen molar-refractivity contribution in [3.05, 3.63) is 59.0 Å². The molecule has 2 N–H and O–H groups in total. The van der Waals surface area contributed by atoms with Gasteiger partial charge in [-0.25, -0.2) is 17.8 Å². The molecule has 0 saturated carbocycles. The van der Waals surface area contributed by atoms with E-state index in [0.29, 0.717) is 12.5 Å². The Morgan fingerprint density at radius 1 is 1.31 bits per heavy atom. The standard InChI is InChI=1S/C23H23F4N3O4S/c1-6-13(3)34-22-17(8-9-19(29-22)23(25,26)27)14(4)21(31)28-12-15-10-16(7-2)20(18(24)11-15)30-35(5,32)33/h2,8-11,13,30H,4,6,12H2,1,3,5H3,(H,28,31). The molecule has 1 aromatic heterocycles. The van der Waals surface area contributed by atoms with Crippen molar-refractivity contribution in [2.24, 2.45) is 0 Å². The van der Waals surface area contributed by atoms with E-state index in [-0.39, 0.29) is 28.8 Å². The summed E-state index contributed by atoms with van der Waals surface area (Å²) in [5, 5.41) is 2.46. The predicted molar refractivity (Wildman–Crippen MR) is 123 cm³/mol. The fourth-order valence-corrected chi connectivity index (χ4v) is 3.35. The van der Waals surface area contributed by atoms with Gasteiger partial charge in [0.2, 0.25) is 15.9 Å². The molecule has 1 aromatic carbocycles. The number of carbonyl (C=O) groups excluding carboxylic acids is 1. The maximum atomic E-state index is 14.4. The zero-order valence-electron chi connectivity index (χ0n) is 19.1. The molecule has 0 radical (unpaired) electrons. The van der Waals surface area contributed by atoms with Gasteiger partial charge in [0.15, 0.2) is 0 Å². The number of hydrogen-bond acceptors (Lipinski definition) is 5. The number of hydrogen-bond donors (Lipinski definition) is 2. The molecule has 7 nitrogen and oxygen atoms in total. The molecule has 0 aliphatic rings. The van der Waals surface area contributed by atoms with Crippen molar-refractivity contribution in [3.63, 3.8) is 0 Å². The second-order valence-corrected chi connectivity index (χ2v) is 9.31. The van der Waals surface area contributed by atoms with Crippen molar-refractivity contribution >= 4 is 27.2 Å². The molecule has 0 spiro atoms. The SMILES string of the molecule is C#Cc1cc(CNC(=O)C(=C)c2ccc(C(F)(F)F)nc2OC(C)CC)cc(F)c1NS(C)(=O)=O. The third kappa shape index (κ3) is 7.45. The fraction of sp³-hybridized carbons (Fsp3) is 0.304. The van der Waals surface area contributed by atoms with Crippen molar-refractivity contribution < 1.29 is 35.5 Å². The molecule has 2 aromatic rings. The average Bonchev–Trinajstić information content (AvgIpc) is 2.76. The van der Waals surface area contributed by atoms with Crippen molar-refractivity contribution in [3.8, 4) is 18.2 Å². The minimum absolute atomic E-state index is 0.0426. The first-order chi connectivity index (χ1) is 16.2. The Kier molecular flexibility index (Phi) is 8.51. The van der Waals surface area contributed by atoms with Gasteiger partial charge in [-0.15, -0.1) is 6.42 Å². The van der Waals surface area contributed by atoms with Crippen molar-refractivity contribution in [2.45, 2.75) is 39.1 Å². The van der Waals surface area contributed by atoms with Crippen LogP contribution in [0.1, 0.15) is 42.7 Å². The number of nitrogens with zero attached hydrogens (tertiary/aromatic N) is 1. The predicted octanol–water partition coefficient (Wildman–Crippen LogP) is 4.10. The number of amides is 1. The highest BCUT2D eigenvalue weighted by atomic mass is 32.2. The molecule has 1 amide bonds. The number of terminal acetylenes is 1. The summed E-state index contributed by atoms with van der Waals surface area (Å²) in [6, 6.07) is 4.03. The van der Waals surface area contributed by atoms with Crippen LogP contribution in [-0.2, 0) is 27.5 Å². The van der Waals surface area contributed by atoms with Gasteiger partial charge in [-0.1, -0.05) is 19.4 Å². The van der Waals surface area contributed by atoms with E-state index in [4.69, 9.17) is 11.2 Å². The molecule has 1 unspecified atom stereocenters. The van der Waals surface area contributed by atoms with Gasteiger partial charge in [0, 0.05) is 17.7 Å². The average molecular weight is 514 g/mol. The molecule has 2 rings (SSSR count). The first-order valence-corrected chi connectivity index (χ1v) is 12.0. The molecule has 35 heavy (non-hydrogen) atoms. The Hall–Kier alpha value is -3.59. The zero-order valence-corrected chi connectivity index (χ0v) is 19.9. The minimum Gasteiger partial charge on any atom is -0.474 e. The number of aromatic nitrogens is 1. The molecular formula is C23H23F4N3O4S. The lowest BCUT2D eigenvalue weighted by molar-refractivity contribution is -0.141. The van der Waals surface area contributed by atoms with Gasteiger partial charge in [0.1, 0.15) is 11.5 Å². The van der Waals surface area contributed by atoms with Crippen LogP contribution < -0.4 is 14.8 Å². The van der Waals surface area contributed by atoms with Crippen LogP contribution in [0.25, 0.3) is 5.57 Å². The van der Waals surface area contributed by atoms with E-state index in [2.05, 4.69) is 22.8 Å². The van der Waals surface area contributed by atoms with Crippen LogP contribution in [0.2, 0.25) is 0 Å². The molecule has 0 saturated heterocycles. The summed E-state index contributed by atoms with van der Waals surface area (Å²) in [6.07, 6.45) is 1.46. The quantitative estimate of drug-likeness (QED) is 0.299. The summed E-state index contributed by atoms with van der Waals surface area (Å²) < 4.78 is 84.1. The molecule has 1 heterocycles. The Labute approximate surface area is 200 Å². The van der Waals surface area contributed by atoms with E-state index in [0.717, 1.165) is 18.4 Å². The summed E-state index contributed by atoms with van der Waals surface area (Å²) >= 11 is 0. The molecule has 12 heteroatoms. The summed E-state index contributed by atoms with van der Waals surface area (Å²) in [7, 11) is -3.80. The number of nitrogens with one attached hydrogen (secondary N) is 2. The summed E-state index contributed by atoms with van der Waals surface area (Å²) in [5.41, 5.74) is -1.74. The van der Waals surface area contributed by atoms with Gasteiger partial charge >= 0.3 is 6.18 Å². The van der Waals surface area contributed by atoms with Crippen LogP contribution in [0.3, 0.4) is 0 Å². The Bertz CT molecular complexity index is 1280. The van der Waals surface area contributed by atoms with E-state index in [1.807, 2.05) is 4.72 Å². The van der Waals surface area contributed by atoms with Crippen molar-refractivity contribution in [1.29, 1.82) is 0 Å². The topological polar surface area (TPSA) is 97.4 Å². The van der Waals surface area contributed by atoms with E-state index in [1.54, 1.807) is 13.8 Å². The number of anilines is 1. The third-order valence-corrected chi connectivity index (χ3v) is 5.26. The highest BCUT2D eigenvalue weighted by Gasteiger charge is 2.34. The summed E-state index contributed by atoms with van der Waals surface area (Å²) in [5.74, 6) is 0.0433. The number of sulfonamides is 1. The molecular weight excluding hydrogens is 490 g/mol. The number of alkyl halides is 3. The van der Waals surface area contributed by atoms with Gasteiger partial charge in [0.25, 0.3) is 5.91 Å². The number of ether oxygens (including phenoxy) is 1. The third-order valence-electron chi connectivity index (χ3n) is 4.68. The molecule has 188 valence electrons. The molecule has 0 bridgehead atoms. The summed E-state index contributed by atoms with van der Waals surface area (Å²) in [6.45, 7) is 6.79. The Morgan fingerprint density at radius 2 is 1.97 bits per heavy atom. The smallest absolute Gasteiger partial charge is 0.433 e. The van der Waals surface area contributed by atoms with Gasteiger partial charge in [-0.2, -0.15) is 13.2 Å². The van der Waals surface area contributed by atoms with Crippen molar-refractivity contribution in [1.82, 2.24) is 10.3 Å². The molecule has 0 fully saturated rings. The monoisotopic (exact) mass is 513 g/mol. The lowest BCUT2D eigenvalue weighted by Gasteiger charge is -2.18. The van der Waals surface area contributed by atoms with Crippen LogP contribution in [0.4, 0.5) is 23.2 Å². The van der Waals surface area contributed by atoms with Crippen LogP contribution >= 0.6 is 0 Å². The van der Waals surface area contributed by atoms with Crippen molar-refractivity contribution in [2.75, 3.05) is 11.0 Å². The highest BCUT2D eigenvalue weighted by molar-refractivity contribution is 7.92. The second-order valence-electron chi connectivity index (χ2n) is 7.56. The van der Waals surface area contributed by atoms with Crippen LogP contribution in [0.5, 0.6) is 5.88 Å². The Morgan fingerprint density at radius 3 is 2.51 bits per heavy atom. The fourth-order valence-electron chi connectivity index (χ4n) is 2.77. The number of halogens is 4. The van der Waals surface area contributed by atoms with Gasteiger partial charge in [0.05, 0.1) is 23.6 Å². The van der Waals surface area contributed by atoms with E-state index in [9.17, 15) is 30.8 Å². The number of rotatable bonds is 9. The lowest BCUT2D eigenvalue weighted by atomic mass is 10.1. The molecule has 0 aliphatic heterocycles. The summed E-state index contributed by atoms with van der Waals surface area (Å²) in [4.78, 5) is 16.2. The van der Waals surface area contributed by atoms with E-state index >= 15 is 0 Å². The maximum Gasteiger partial charge on any atom is 0.433 e. The molecule has 1 atom stereocenters. The maximum absolute atomic E-state index is 14.4. The Balaban J connectivity index is 2.28. The number of benzene rings is 1. The van der Waals surface area contributed by atoms with Gasteiger partial charge in [-0.3, -0.25) is 9.52 Å². The first kappa shape index (κ1) is 27.7. The van der Waals surface area contributed by atoms with Crippen LogP contribution in [0.15, 0.2) is 30.8 Å². The first-order valence-electron chi connectivity index (χ1n) is 10.2.